The summed E-state index contributed by atoms with van der Waals surface area (Å²) < 4.78 is 5.73. The maximum Gasteiger partial charge on any atom is 0.222 e. The number of rotatable bonds is 10. The largest absolute Gasteiger partial charge is 0.492 e. The number of nitrogens with zero attached hydrogens (tertiary/aromatic N) is 1. The Kier molecular flexibility index (Phi) is 8.14. The van der Waals surface area contributed by atoms with Crippen LogP contribution in [0.4, 0.5) is 0 Å². The molecule has 0 aromatic heterocycles. The summed E-state index contributed by atoms with van der Waals surface area (Å²) in [4.78, 5) is 13.9. The number of aryl methyl sites for hydroxylation is 1. The molecule has 24 heavy (non-hydrogen) atoms. The van der Waals surface area contributed by atoms with Crippen molar-refractivity contribution in [2.75, 3.05) is 20.2 Å². The van der Waals surface area contributed by atoms with Crippen molar-refractivity contribution in [1.29, 1.82) is 0 Å². The minimum Gasteiger partial charge on any atom is -0.492 e. The average Bonchev–Trinajstić information content (AvgIpc) is 3.12. The summed E-state index contributed by atoms with van der Waals surface area (Å²) in [6.07, 6.45) is 10.9. The number of unbranched alkanes of at least 4 members (excludes halogenated alkanes) is 1. The van der Waals surface area contributed by atoms with Crippen LogP contribution in [0.15, 0.2) is 24.3 Å². The number of benzene rings is 1. The van der Waals surface area contributed by atoms with Gasteiger partial charge in [0.1, 0.15) is 12.4 Å². The first-order valence-corrected chi connectivity index (χ1v) is 9.64. The van der Waals surface area contributed by atoms with E-state index in [0.717, 1.165) is 24.5 Å². The van der Waals surface area contributed by atoms with Crippen LogP contribution in [0.3, 0.4) is 0 Å². The van der Waals surface area contributed by atoms with Crippen molar-refractivity contribution in [2.45, 2.75) is 64.7 Å². The molecule has 2 rings (SSSR count). The molecule has 1 aromatic rings. The Labute approximate surface area is 147 Å². The van der Waals surface area contributed by atoms with Gasteiger partial charge >= 0.3 is 0 Å². The third-order valence-corrected chi connectivity index (χ3v) is 5.18. The number of hydrogen-bond donors (Lipinski definition) is 0. The van der Waals surface area contributed by atoms with E-state index in [1.54, 1.807) is 4.90 Å². The van der Waals surface area contributed by atoms with Gasteiger partial charge in [0.2, 0.25) is 5.91 Å². The third kappa shape index (κ3) is 6.54. The molecule has 1 aromatic carbocycles. The van der Waals surface area contributed by atoms with Crippen LogP contribution >= 0.6 is 0 Å². The smallest absolute Gasteiger partial charge is 0.222 e. The van der Waals surface area contributed by atoms with Crippen LogP contribution in [-0.2, 0) is 11.2 Å². The Morgan fingerprint density at radius 3 is 2.54 bits per heavy atom. The minimum absolute atomic E-state index is 0.242. The molecular weight excluding hydrogens is 298 g/mol. The molecule has 0 bridgehead atoms. The van der Waals surface area contributed by atoms with Crippen molar-refractivity contribution in [1.82, 2.24) is 4.90 Å². The van der Waals surface area contributed by atoms with E-state index in [-0.39, 0.29) is 5.91 Å². The standard InChI is InChI=1S/C21H33NO2/c1-3-18-12-14-20(15-13-18)24-17-16-22(2)21(23)11-7-6-10-19-8-4-5-9-19/h12-15,19H,3-11,16-17H2,1-2H3. The van der Waals surface area contributed by atoms with E-state index in [0.29, 0.717) is 19.6 Å². The normalized spacial score (nSPS) is 14.8. The van der Waals surface area contributed by atoms with Crippen molar-refractivity contribution in [3.63, 3.8) is 0 Å². The molecule has 0 unspecified atom stereocenters. The highest BCUT2D eigenvalue weighted by atomic mass is 16.5. The van der Waals surface area contributed by atoms with E-state index in [1.165, 1.54) is 44.1 Å². The van der Waals surface area contributed by atoms with Crippen molar-refractivity contribution < 1.29 is 9.53 Å². The molecular formula is C21H33NO2. The predicted octanol–water partition coefficient (Wildman–Crippen LogP) is 4.84. The molecule has 3 nitrogen and oxygen atoms in total. The van der Waals surface area contributed by atoms with Crippen LogP contribution in [0.2, 0.25) is 0 Å². The summed E-state index contributed by atoms with van der Waals surface area (Å²) >= 11 is 0. The minimum atomic E-state index is 0.242. The molecule has 1 amide bonds. The summed E-state index contributed by atoms with van der Waals surface area (Å²) in [7, 11) is 1.88. The van der Waals surface area contributed by atoms with Gasteiger partial charge < -0.3 is 9.64 Å². The number of carbonyl (C=O) groups is 1. The van der Waals surface area contributed by atoms with Gasteiger partial charge in [-0.2, -0.15) is 0 Å². The van der Waals surface area contributed by atoms with Gasteiger partial charge in [0, 0.05) is 13.5 Å². The molecule has 0 aliphatic heterocycles. The van der Waals surface area contributed by atoms with Gasteiger partial charge in [-0.15, -0.1) is 0 Å². The zero-order chi connectivity index (χ0) is 17.2. The van der Waals surface area contributed by atoms with Crippen molar-refractivity contribution in [3.05, 3.63) is 29.8 Å². The Balaban J connectivity index is 1.55. The van der Waals surface area contributed by atoms with Crippen molar-refractivity contribution in [3.8, 4) is 5.75 Å². The Morgan fingerprint density at radius 1 is 1.17 bits per heavy atom. The topological polar surface area (TPSA) is 29.5 Å². The average molecular weight is 332 g/mol. The van der Waals surface area contributed by atoms with E-state index in [1.807, 2.05) is 19.2 Å². The predicted molar refractivity (Wildman–Crippen MR) is 99.4 cm³/mol. The van der Waals surface area contributed by atoms with Gasteiger partial charge in [-0.1, -0.05) is 57.6 Å². The van der Waals surface area contributed by atoms with Crippen molar-refractivity contribution >= 4 is 5.91 Å². The van der Waals surface area contributed by atoms with Crippen LogP contribution in [0.25, 0.3) is 0 Å². The molecule has 1 aliphatic carbocycles. The first-order chi connectivity index (χ1) is 11.7. The molecule has 0 saturated heterocycles. The molecule has 1 saturated carbocycles. The van der Waals surface area contributed by atoms with Gasteiger partial charge in [0.25, 0.3) is 0 Å². The zero-order valence-electron chi connectivity index (χ0n) is 15.4. The lowest BCUT2D eigenvalue weighted by atomic mass is 10.00. The fourth-order valence-corrected chi connectivity index (χ4v) is 3.45. The second-order valence-corrected chi connectivity index (χ2v) is 7.06. The lowest BCUT2D eigenvalue weighted by molar-refractivity contribution is -0.130. The van der Waals surface area contributed by atoms with Gasteiger partial charge in [-0.3, -0.25) is 4.79 Å². The number of amides is 1. The summed E-state index contributed by atoms with van der Waals surface area (Å²) in [5.74, 6) is 2.06. The van der Waals surface area contributed by atoms with E-state index < -0.39 is 0 Å². The van der Waals surface area contributed by atoms with Crippen molar-refractivity contribution in [2.24, 2.45) is 5.92 Å². The Morgan fingerprint density at radius 2 is 1.88 bits per heavy atom. The molecule has 3 heteroatoms. The van der Waals surface area contributed by atoms with Gasteiger partial charge in [-0.25, -0.2) is 0 Å². The van der Waals surface area contributed by atoms with E-state index >= 15 is 0 Å². The number of ether oxygens (including phenoxy) is 1. The molecule has 1 aliphatic rings. The molecule has 0 atom stereocenters. The Bertz CT molecular complexity index is 477. The summed E-state index contributed by atoms with van der Waals surface area (Å²) in [5, 5.41) is 0. The second-order valence-electron chi connectivity index (χ2n) is 7.06. The fraction of sp³-hybridized carbons (Fsp3) is 0.667. The second kappa shape index (κ2) is 10.4. The molecule has 134 valence electrons. The number of carbonyl (C=O) groups excluding carboxylic acids is 1. The van der Waals surface area contributed by atoms with Gasteiger partial charge in [0.15, 0.2) is 0 Å². The molecule has 0 radical (unpaired) electrons. The molecule has 0 heterocycles. The SMILES string of the molecule is CCc1ccc(OCCN(C)C(=O)CCCCC2CCCC2)cc1. The highest BCUT2D eigenvalue weighted by Gasteiger charge is 2.15. The van der Waals surface area contributed by atoms with E-state index in [4.69, 9.17) is 4.74 Å². The maximum absolute atomic E-state index is 12.1. The van der Waals surface area contributed by atoms with Gasteiger partial charge in [0.05, 0.1) is 6.54 Å². The monoisotopic (exact) mass is 331 g/mol. The van der Waals surface area contributed by atoms with Gasteiger partial charge in [-0.05, 0) is 36.5 Å². The maximum atomic E-state index is 12.1. The third-order valence-electron chi connectivity index (χ3n) is 5.18. The highest BCUT2D eigenvalue weighted by molar-refractivity contribution is 5.75. The highest BCUT2D eigenvalue weighted by Crippen LogP contribution is 2.29. The zero-order valence-corrected chi connectivity index (χ0v) is 15.4. The first kappa shape index (κ1) is 18.8. The number of hydrogen-bond acceptors (Lipinski definition) is 2. The summed E-state index contributed by atoms with van der Waals surface area (Å²) in [6, 6.07) is 8.19. The molecule has 1 fully saturated rings. The number of likely N-dealkylation sites (N-methyl/N-ethyl adjacent to an activating group) is 1. The van der Waals surface area contributed by atoms with Crippen LogP contribution in [0.5, 0.6) is 5.75 Å². The van der Waals surface area contributed by atoms with E-state index in [9.17, 15) is 4.79 Å². The van der Waals surface area contributed by atoms with Crippen LogP contribution in [-0.4, -0.2) is 31.0 Å². The molecule has 0 spiro atoms. The Hall–Kier alpha value is -1.51. The first-order valence-electron chi connectivity index (χ1n) is 9.64. The van der Waals surface area contributed by atoms with E-state index in [2.05, 4.69) is 19.1 Å². The van der Waals surface area contributed by atoms with Crippen LogP contribution in [0.1, 0.15) is 63.9 Å². The quantitative estimate of drug-likeness (QED) is 0.574. The van der Waals surface area contributed by atoms with Crippen LogP contribution < -0.4 is 4.74 Å². The summed E-state index contributed by atoms with van der Waals surface area (Å²) in [6.45, 7) is 3.34. The lowest BCUT2D eigenvalue weighted by Gasteiger charge is -2.18. The summed E-state index contributed by atoms with van der Waals surface area (Å²) in [5.41, 5.74) is 1.31. The lowest BCUT2D eigenvalue weighted by Crippen LogP contribution is -2.30. The van der Waals surface area contributed by atoms with Crippen LogP contribution in [0, 0.1) is 5.92 Å². The fourth-order valence-electron chi connectivity index (χ4n) is 3.45. The molecule has 0 N–H and O–H groups in total.